The van der Waals surface area contributed by atoms with Gasteiger partial charge in [-0.25, -0.2) is 0 Å². The largest absolute Gasteiger partial charge is 0.392 e. The number of nitrogens with zero attached hydrogens (tertiary/aromatic N) is 1. The van der Waals surface area contributed by atoms with Crippen molar-refractivity contribution in [1.29, 1.82) is 0 Å². The number of hydrogen-bond acceptors (Lipinski definition) is 2. The van der Waals surface area contributed by atoms with Crippen LogP contribution in [0.25, 0.3) is 0 Å². The summed E-state index contributed by atoms with van der Waals surface area (Å²) in [5.41, 5.74) is 7.00. The van der Waals surface area contributed by atoms with Crippen molar-refractivity contribution in [1.82, 2.24) is 4.90 Å². The topological polar surface area (TPSA) is 46.3 Å². The number of carbonyl (C=O) groups is 1. The van der Waals surface area contributed by atoms with Gasteiger partial charge in [-0.05, 0) is 44.5 Å². The van der Waals surface area contributed by atoms with Gasteiger partial charge in [0, 0.05) is 16.6 Å². The highest BCUT2D eigenvalue weighted by Crippen LogP contribution is 2.18. The monoisotopic (exact) mass is 284 g/mol. The Morgan fingerprint density at radius 1 is 1.50 bits per heavy atom. The van der Waals surface area contributed by atoms with Crippen LogP contribution in [0.3, 0.4) is 0 Å². The molecule has 0 unspecified atom stereocenters. The predicted molar refractivity (Wildman–Crippen MR) is 79.1 cm³/mol. The van der Waals surface area contributed by atoms with Crippen molar-refractivity contribution in [3.63, 3.8) is 0 Å². The molecule has 1 aromatic rings. The van der Waals surface area contributed by atoms with E-state index in [4.69, 9.17) is 29.6 Å². The molecular weight excluding hydrogens is 268 g/mol. The summed E-state index contributed by atoms with van der Waals surface area (Å²) in [6.07, 6.45) is 0. The van der Waals surface area contributed by atoms with Crippen molar-refractivity contribution in [2.45, 2.75) is 26.8 Å². The van der Waals surface area contributed by atoms with E-state index in [1.807, 2.05) is 20.8 Å². The summed E-state index contributed by atoms with van der Waals surface area (Å²) in [5.74, 6) is -0.0769. The van der Waals surface area contributed by atoms with Gasteiger partial charge in [-0.3, -0.25) is 4.79 Å². The molecule has 0 aliphatic rings. The van der Waals surface area contributed by atoms with E-state index in [0.29, 0.717) is 15.6 Å². The zero-order chi connectivity index (χ0) is 13.9. The molecule has 0 aliphatic heterocycles. The standard InChI is InChI=1S/C13H17ClN2OS/c1-8(2)16(7-12(15)18)13(17)11-5-4-10(14)6-9(11)3/h4-6,8H,7H2,1-3H3,(H2,15,18). The fourth-order valence-corrected chi connectivity index (χ4v) is 2.04. The highest BCUT2D eigenvalue weighted by atomic mass is 35.5. The number of halogens is 1. The summed E-state index contributed by atoms with van der Waals surface area (Å²) in [6, 6.07) is 5.25. The minimum Gasteiger partial charge on any atom is -0.392 e. The summed E-state index contributed by atoms with van der Waals surface area (Å²) in [5, 5.41) is 0.620. The second-order valence-corrected chi connectivity index (χ2v) is 5.41. The average Bonchev–Trinajstić information content (AvgIpc) is 2.24. The van der Waals surface area contributed by atoms with E-state index in [1.165, 1.54) is 0 Å². The van der Waals surface area contributed by atoms with Crippen LogP contribution in [0, 0.1) is 6.92 Å². The predicted octanol–water partition coefficient (Wildman–Crippen LogP) is 2.79. The van der Waals surface area contributed by atoms with Crippen molar-refractivity contribution < 1.29 is 4.79 Å². The fourth-order valence-electron chi connectivity index (χ4n) is 1.68. The molecule has 18 heavy (non-hydrogen) atoms. The maximum Gasteiger partial charge on any atom is 0.254 e. The molecule has 1 rings (SSSR count). The number of rotatable bonds is 4. The number of aryl methyl sites for hydroxylation is 1. The van der Waals surface area contributed by atoms with Crippen molar-refractivity contribution in [2.24, 2.45) is 5.73 Å². The van der Waals surface area contributed by atoms with Gasteiger partial charge in [0.2, 0.25) is 0 Å². The van der Waals surface area contributed by atoms with E-state index in [9.17, 15) is 4.79 Å². The van der Waals surface area contributed by atoms with E-state index in [1.54, 1.807) is 23.1 Å². The third-order valence-electron chi connectivity index (χ3n) is 2.63. The molecule has 0 bridgehead atoms. The first-order valence-electron chi connectivity index (χ1n) is 5.68. The van der Waals surface area contributed by atoms with Crippen molar-refractivity contribution in [3.05, 3.63) is 34.3 Å². The number of amides is 1. The zero-order valence-electron chi connectivity index (χ0n) is 10.7. The smallest absolute Gasteiger partial charge is 0.254 e. The molecule has 0 fully saturated rings. The lowest BCUT2D eigenvalue weighted by molar-refractivity contribution is 0.0735. The second kappa shape index (κ2) is 6.16. The molecule has 1 aromatic carbocycles. The molecule has 0 atom stereocenters. The molecule has 2 N–H and O–H groups in total. The number of benzene rings is 1. The van der Waals surface area contributed by atoms with Gasteiger partial charge in [-0.15, -0.1) is 0 Å². The Labute approximate surface area is 118 Å². The van der Waals surface area contributed by atoms with Crippen LogP contribution in [0.4, 0.5) is 0 Å². The summed E-state index contributed by atoms with van der Waals surface area (Å²) in [6.45, 7) is 6.01. The van der Waals surface area contributed by atoms with Crippen LogP contribution in [0.2, 0.25) is 5.02 Å². The lowest BCUT2D eigenvalue weighted by atomic mass is 10.1. The molecule has 5 heteroatoms. The molecule has 0 heterocycles. The zero-order valence-corrected chi connectivity index (χ0v) is 12.3. The van der Waals surface area contributed by atoms with Gasteiger partial charge in [0.05, 0.1) is 11.5 Å². The summed E-state index contributed by atoms with van der Waals surface area (Å²) < 4.78 is 0. The number of hydrogen-bond donors (Lipinski definition) is 1. The first-order valence-corrected chi connectivity index (χ1v) is 6.47. The minimum absolute atomic E-state index is 0.0362. The SMILES string of the molecule is Cc1cc(Cl)ccc1C(=O)N(CC(N)=S)C(C)C. The lowest BCUT2D eigenvalue weighted by Gasteiger charge is -2.27. The number of nitrogens with two attached hydrogens (primary N) is 1. The first-order chi connectivity index (χ1) is 8.32. The van der Waals surface area contributed by atoms with Gasteiger partial charge in [-0.2, -0.15) is 0 Å². The molecule has 0 aliphatic carbocycles. The van der Waals surface area contributed by atoms with Crippen LogP contribution in [0.5, 0.6) is 0 Å². The molecule has 3 nitrogen and oxygen atoms in total. The van der Waals surface area contributed by atoms with E-state index in [0.717, 1.165) is 5.56 Å². The molecule has 0 aromatic heterocycles. The van der Waals surface area contributed by atoms with Crippen LogP contribution in [0.15, 0.2) is 18.2 Å². The van der Waals surface area contributed by atoms with Gasteiger partial charge in [0.1, 0.15) is 0 Å². The van der Waals surface area contributed by atoms with E-state index >= 15 is 0 Å². The highest BCUT2D eigenvalue weighted by molar-refractivity contribution is 7.80. The molecule has 1 amide bonds. The van der Waals surface area contributed by atoms with Crippen molar-refractivity contribution in [2.75, 3.05) is 6.54 Å². The number of thiocarbonyl (C=S) groups is 1. The second-order valence-electron chi connectivity index (χ2n) is 4.45. The highest BCUT2D eigenvalue weighted by Gasteiger charge is 2.20. The van der Waals surface area contributed by atoms with Crippen LogP contribution in [-0.4, -0.2) is 28.4 Å². The lowest BCUT2D eigenvalue weighted by Crippen LogP contribution is -2.42. The van der Waals surface area contributed by atoms with E-state index in [2.05, 4.69) is 0 Å². The average molecular weight is 285 g/mol. The van der Waals surface area contributed by atoms with Crippen LogP contribution >= 0.6 is 23.8 Å². The Hall–Kier alpha value is -1.13. The maximum atomic E-state index is 12.4. The van der Waals surface area contributed by atoms with Gasteiger partial charge in [0.25, 0.3) is 5.91 Å². The third-order valence-corrected chi connectivity index (χ3v) is 2.99. The number of carbonyl (C=O) groups excluding carboxylic acids is 1. The van der Waals surface area contributed by atoms with Gasteiger partial charge >= 0.3 is 0 Å². The third kappa shape index (κ3) is 3.68. The Morgan fingerprint density at radius 3 is 2.56 bits per heavy atom. The van der Waals surface area contributed by atoms with Crippen LogP contribution in [0.1, 0.15) is 29.8 Å². The van der Waals surface area contributed by atoms with E-state index in [-0.39, 0.29) is 18.5 Å². The van der Waals surface area contributed by atoms with Gasteiger partial charge in [-0.1, -0.05) is 23.8 Å². The van der Waals surface area contributed by atoms with Crippen molar-refractivity contribution in [3.8, 4) is 0 Å². The molecule has 0 saturated heterocycles. The Kier molecular flexibility index (Phi) is 5.11. The van der Waals surface area contributed by atoms with Crippen molar-refractivity contribution >= 4 is 34.7 Å². The van der Waals surface area contributed by atoms with Crippen LogP contribution < -0.4 is 5.73 Å². The van der Waals surface area contributed by atoms with Gasteiger partial charge in [0.15, 0.2) is 0 Å². The molecular formula is C13H17ClN2OS. The summed E-state index contributed by atoms with van der Waals surface area (Å²) in [4.78, 5) is 14.4. The van der Waals surface area contributed by atoms with E-state index < -0.39 is 0 Å². The van der Waals surface area contributed by atoms with Crippen LogP contribution in [-0.2, 0) is 0 Å². The maximum absolute atomic E-state index is 12.4. The Bertz CT molecular complexity index is 474. The Balaban J connectivity index is 3.05. The molecule has 98 valence electrons. The molecule has 0 radical (unpaired) electrons. The Morgan fingerprint density at radius 2 is 2.11 bits per heavy atom. The normalized spacial score (nSPS) is 10.5. The minimum atomic E-state index is -0.0769. The summed E-state index contributed by atoms with van der Waals surface area (Å²) in [7, 11) is 0. The molecule has 0 saturated carbocycles. The first kappa shape index (κ1) is 14.9. The fraction of sp³-hybridized carbons (Fsp3) is 0.385. The van der Waals surface area contributed by atoms with Gasteiger partial charge < -0.3 is 10.6 Å². The quantitative estimate of drug-likeness (QED) is 0.865. The summed E-state index contributed by atoms with van der Waals surface area (Å²) >= 11 is 10.8. The molecule has 0 spiro atoms.